The van der Waals surface area contributed by atoms with Gasteiger partial charge in [-0.3, -0.25) is 9.59 Å². The van der Waals surface area contributed by atoms with Gasteiger partial charge < -0.3 is 24.4 Å². The van der Waals surface area contributed by atoms with Crippen molar-refractivity contribution in [3.8, 4) is 0 Å². The Bertz CT molecular complexity index is 788. The number of carbonyl (C=O) groups excluding carboxylic acids is 2. The molecule has 7 nitrogen and oxygen atoms in total. The molecule has 0 spiro atoms. The minimum Gasteiger partial charge on any atom is -0.462 e. The molecule has 3 aliphatic rings. The van der Waals surface area contributed by atoms with E-state index in [1.54, 1.807) is 0 Å². The molecule has 0 aromatic carbocycles. The van der Waals surface area contributed by atoms with Crippen molar-refractivity contribution >= 4 is 11.8 Å². The minimum atomic E-state index is -1.04. The molecule has 8 atom stereocenters. The number of cyclic esters (lactones) is 1. The first-order valence-electron chi connectivity index (χ1n) is 18.8. The molecule has 0 bridgehead atoms. The first-order valence-corrected chi connectivity index (χ1v) is 18.8. The lowest BCUT2D eigenvalue weighted by Crippen LogP contribution is -2.36. The Morgan fingerprint density at radius 3 is 1.84 bits per heavy atom. The highest BCUT2D eigenvalue weighted by Crippen LogP contribution is 2.34. The van der Waals surface area contributed by atoms with Gasteiger partial charge >= 0.3 is 5.97 Å². The maximum atomic E-state index is 12.7. The Kier molecular flexibility index (Phi) is 18.5. The van der Waals surface area contributed by atoms with Gasteiger partial charge in [-0.2, -0.15) is 0 Å². The van der Waals surface area contributed by atoms with Crippen LogP contribution in [0.3, 0.4) is 0 Å². The first-order chi connectivity index (χ1) is 21.4. The molecule has 256 valence electrons. The largest absolute Gasteiger partial charge is 0.462 e. The molecule has 3 heterocycles. The van der Waals surface area contributed by atoms with Crippen LogP contribution in [-0.4, -0.2) is 64.7 Å². The fourth-order valence-corrected chi connectivity index (χ4v) is 7.47. The summed E-state index contributed by atoms with van der Waals surface area (Å²) < 4.78 is 17.6. The van der Waals surface area contributed by atoms with Crippen LogP contribution in [0, 0.1) is 5.92 Å². The van der Waals surface area contributed by atoms with Gasteiger partial charge in [0, 0.05) is 6.42 Å². The van der Waals surface area contributed by atoms with E-state index in [1.165, 1.54) is 77.0 Å². The molecule has 3 aliphatic heterocycles. The van der Waals surface area contributed by atoms with Gasteiger partial charge in [0.25, 0.3) is 0 Å². The lowest BCUT2D eigenvalue weighted by Gasteiger charge is -2.24. The summed E-state index contributed by atoms with van der Waals surface area (Å²) in [6.45, 7) is 4.22. The molecular weight excluding hydrogens is 556 g/mol. The van der Waals surface area contributed by atoms with Crippen LogP contribution in [0.1, 0.15) is 174 Å². The molecule has 0 amide bonds. The van der Waals surface area contributed by atoms with E-state index in [9.17, 15) is 19.8 Å². The Morgan fingerprint density at radius 1 is 0.727 bits per heavy atom. The van der Waals surface area contributed by atoms with Crippen molar-refractivity contribution in [1.29, 1.82) is 0 Å². The van der Waals surface area contributed by atoms with Crippen molar-refractivity contribution in [2.45, 2.75) is 217 Å². The van der Waals surface area contributed by atoms with Crippen molar-refractivity contribution in [1.82, 2.24) is 0 Å². The minimum absolute atomic E-state index is 0.00336. The molecule has 2 N–H and O–H groups in total. The van der Waals surface area contributed by atoms with Gasteiger partial charge in [0.05, 0.1) is 42.5 Å². The zero-order chi connectivity index (χ0) is 31.6. The fourth-order valence-electron chi connectivity index (χ4n) is 7.47. The molecule has 3 saturated heterocycles. The zero-order valence-electron chi connectivity index (χ0n) is 28.2. The molecule has 0 radical (unpaired) electrons. The normalized spacial score (nSPS) is 28.4. The number of ketones is 1. The summed E-state index contributed by atoms with van der Waals surface area (Å²) in [5.74, 6) is 0.0228. The van der Waals surface area contributed by atoms with Gasteiger partial charge in [0.2, 0.25) is 0 Å². The second-order valence-corrected chi connectivity index (χ2v) is 14.2. The Hall–Kier alpha value is -1.02. The van der Waals surface area contributed by atoms with Gasteiger partial charge in [-0.15, -0.1) is 0 Å². The number of rotatable bonds is 25. The maximum absolute atomic E-state index is 12.7. The van der Waals surface area contributed by atoms with Gasteiger partial charge in [-0.05, 0) is 58.3 Å². The smallest absolute Gasteiger partial charge is 0.309 e. The van der Waals surface area contributed by atoms with E-state index in [2.05, 4.69) is 6.92 Å². The number of carbonyl (C=O) groups is 2. The number of hydrogen-bond acceptors (Lipinski definition) is 7. The van der Waals surface area contributed by atoms with E-state index in [1.807, 2.05) is 6.92 Å². The molecule has 0 aliphatic carbocycles. The monoisotopic (exact) mass is 622 g/mol. The topological polar surface area (TPSA) is 102 Å². The zero-order valence-corrected chi connectivity index (χ0v) is 28.2. The van der Waals surface area contributed by atoms with Crippen LogP contribution >= 0.6 is 0 Å². The van der Waals surface area contributed by atoms with E-state index in [4.69, 9.17) is 14.2 Å². The standard InChI is InChI=1S/C37H66O7/c1-3-4-5-6-7-12-15-18-21-30(38)32-23-24-33(43-32)34-25-26-35(44-34)36(40)31(39)22-19-16-13-10-8-9-11-14-17-20-29-27-28(2)42-37(29)41/h28-30,32-36,38,40H,3-27H2,1-2H3. The van der Waals surface area contributed by atoms with Gasteiger partial charge in [0.15, 0.2) is 5.78 Å². The van der Waals surface area contributed by atoms with Crippen molar-refractivity contribution in [3.63, 3.8) is 0 Å². The highest BCUT2D eigenvalue weighted by Gasteiger charge is 2.42. The summed E-state index contributed by atoms with van der Waals surface area (Å²) in [5, 5.41) is 21.4. The van der Waals surface area contributed by atoms with Crippen LogP contribution in [0.5, 0.6) is 0 Å². The van der Waals surface area contributed by atoms with E-state index < -0.39 is 18.3 Å². The summed E-state index contributed by atoms with van der Waals surface area (Å²) >= 11 is 0. The summed E-state index contributed by atoms with van der Waals surface area (Å²) in [6, 6.07) is 0. The third-order valence-corrected chi connectivity index (χ3v) is 10.3. The quantitative estimate of drug-likeness (QED) is 0.0782. The molecule has 8 unspecified atom stereocenters. The van der Waals surface area contributed by atoms with Gasteiger partial charge in [-0.25, -0.2) is 0 Å². The van der Waals surface area contributed by atoms with Gasteiger partial charge in [-0.1, -0.05) is 110 Å². The Labute approximate surface area is 268 Å². The molecule has 0 aromatic heterocycles. The second kappa shape index (κ2) is 21.7. The number of hydrogen-bond donors (Lipinski definition) is 2. The van der Waals surface area contributed by atoms with Crippen LogP contribution in [0.4, 0.5) is 0 Å². The fraction of sp³-hybridized carbons (Fsp3) is 0.946. The molecule has 7 heteroatoms. The molecule has 44 heavy (non-hydrogen) atoms. The average molecular weight is 623 g/mol. The predicted octanol–water partition coefficient (Wildman–Crippen LogP) is 8.15. The summed E-state index contributed by atoms with van der Waals surface area (Å²) in [5.41, 5.74) is 0. The summed E-state index contributed by atoms with van der Waals surface area (Å²) in [4.78, 5) is 24.4. The second-order valence-electron chi connectivity index (χ2n) is 14.2. The van der Waals surface area contributed by atoms with Crippen molar-refractivity contribution < 1.29 is 34.0 Å². The molecule has 0 saturated carbocycles. The maximum Gasteiger partial charge on any atom is 0.309 e. The van der Waals surface area contributed by atoms with Crippen molar-refractivity contribution in [2.24, 2.45) is 5.92 Å². The number of Topliss-reactive ketones (excluding diaryl/α,β-unsaturated/α-hetero) is 1. The van der Waals surface area contributed by atoms with Crippen molar-refractivity contribution in [2.75, 3.05) is 0 Å². The third-order valence-electron chi connectivity index (χ3n) is 10.3. The van der Waals surface area contributed by atoms with Crippen LogP contribution in [-0.2, 0) is 23.8 Å². The number of aliphatic hydroxyl groups excluding tert-OH is 2. The first kappa shape index (κ1) is 37.4. The lowest BCUT2D eigenvalue weighted by atomic mass is 9.97. The van der Waals surface area contributed by atoms with E-state index in [0.29, 0.717) is 12.8 Å². The molecular formula is C37H66O7. The molecule has 3 fully saturated rings. The third kappa shape index (κ3) is 13.8. The molecule has 0 aromatic rings. The lowest BCUT2D eigenvalue weighted by molar-refractivity contribution is -0.144. The van der Waals surface area contributed by atoms with Crippen molar-refractivity contribution in [3.05, 3.63) is 0 Å². The number of aliphatic hydroxyl groups is 2. The van der Waals surface area contributed by atoms with Crippen LogP contribution in [0.15, 0.2) is 0 Å². The number of ether oxygens (including phenoxy) is 3. The highest BCUT2D eigenvalue weighted by molar-refractivity contribution is 5.83. The van der Waals surface area contributed by atoms with Crippen LogP contribution in [0.25, 0.3) is 0 Å². The van der Waals surface area contributed by atoms with Crippen LogP contribution in [0.2, 0.25) is 0 Å². The summed E-state index contributed by atoms with van der Waals surface area (Å²) in [6.07, 6.45) is 24.4. The predicted molar refractivity (Wildman–Crippen MR) is 174 cm³/mol. The van der Waals surface area contributed by atoms with Crippen LogP contribution < -0.4 is 0 Å². The Morgan fingerprint density at radius 2 is 1.25 bits per heavy atom. The van der Waals surface area contributed by atoms with Gasteiger partial charge in [0.1, 0.15) is 6.10 Å². The molecule has 3 rings (SSSR count). The highest BCUT2D eigenvalue weighted by atomic mass is 16.6. The number of esters is 1. The van der Waals surface area contributed by atoms with E-state index >= 15 is 0 Å². The average Bonchev–Trinajstić information content (AvgIpc) is 3.77. The number of unbranched alkanes of at least 4 members (excludes halogenated alkanes) is 15. The summed E-state index contributed by atoms with van der Waals surface area (Å²) in [7, 11) is 0. The van der Waals surface area contributed by atoms with E-state index in [0.717, 1.165) is 70.6 Å². The SMILES string of the molecule is CCCCCCCCCCC(O)C1CCC(C2CCC(C(O)C(=O)CCCCCCCCCCCC3CC(C)OC3=O)O2)O1. The Balaban J connectivity index is 1.15. The van der Waals surface area contributed by atoms with E-state index in [-0.39, 0.29) is 42.1 Å².